The lowest BCUT2D eigenvalue weighted by molar-refractivity contribution is 0.0526. The van der Waals surface area contributed by atoms with Gasteiger partial charge in [-0.2, -0.15) is 0 Å². The Kier molecular flexibility index (Phi) is 5.99. The van der Waals surface area contributed by atoms with E-state index in [2.05, 4.69) is 39.6 Å². The number of hydrogen-bond donors (Lipinski definition) is 1. The average molecular weight is 543 g/mol. The molecule has 0 aliphatic carbocycles. The van der Waals surface area contributed by atoms with Gasteiger partial charge in [-0.25, -0.2) is 14.8 Å². The summed E-state index contributed by atoms with van der Waals surface area (Å²) < 4.78 is 12.8. The van der Waals surface area contributed by atoms with Crippen molar-refractivity contribution in [3.63, 3.8) is 0 Å². The highest BCUT2D eigenvalue weighted by Gasteiger charge is 2.54. The second-order valence-corrected chi connectivity index (χ2v) is 11.8. The van der Waals surface area contributed by atoms with Crippen LogP contribution >= 0.6 is 22.7 Å². The molecule has 7 nitrogen and oxygen atoms in total. The van der Waals surface area contributed by atoms with Gasteiger partial charge < -0.3 is 14.8 Å². The molecule has 2 unspecified atom stereocenters. The summed E-state index contributed by atoms with van der Waals surface area (Å²) >= 11 is 3.35. The van der Waals surface area contributed by atoms with E-state index in [1.807, 2.05) is 53.0 Å². The van der Waals surface area contributed by atoms with Gasteiger partial charge in [-0.3, -0.25) is 4.90 Å². The fourth-order valence-electron chi connectivity index (χ4n) is 5.80. The molecule has 1 spiro atoms. The summed E-state index contributed by atoms with van der Waals surface area (Å²) in [5, 5.41) is 4.66. The summed E-state index contributed by atoms with van der Waals surface area (Å²) in [6, 6.07) is 20.3. The van der Waals surface area contributed by atoms with Crippen LogP contribution in [-0.2, 0) is 16.1 Å². The van der Waals surface area contributed by atoms with Crippen molar-refractivity contribution in [2.75, 3.05) is 25.1 Å². The fraction of sp³-hybridized carbons (Fsp3) is 0.276. The maximum Gasteiger partial charge on any atom is 0.410 e. The molecule has 0 saturated carbocycles. The number of rotatable bonds is 5. The van der Waals surface area contributed by atoms with Crippen molar-refractivity contribution in [2.24, 2.45) is 0 Å². The number of carbonyl (C=O) groups is 1. The molecule has 192 valence electrons. The summed E-state index contributed by atoms with van der Waals surface area (Å²) in [7, 11) is 0. The number of aromatic nitrogens is 2. The quantitative estimate of drug-likeness (QED) is 0.259. The molecule has 2 aliphatic heterocycles. The fourth-order valence-corrected chi connectivity index (χ4v) is 7.73. The summed E-state index contributed by atoms with van der Waals surface area (Å²) in [6.45, 7) is 2.10. The van der Waals surface area contributed by atoms with Gasteiger partial charge in [0.25, 0.3) is 0 Å². The van der Waals surface area contributed by atoms with Crippen molar-refractivity contribution in [2.45, 2.75) is 30.9 Å². The lowest BCUT2D eigenvalue weighted by atomic mass is 9.83. The molecule has 0 bridgehead atoms. The Morgan fingerprint density at radius 2 is 2.08 bits per heavy atom. The molecule has 1 N–H and O–H groups in total. The number of likely N-dealkylation sites (tertiary alicyclic amines) is 1. The Bertz CT molecular complexity index is 1610. The minimum Gasteiger partial charge on any atom is -0.445 e. The lowest BCUT2D eigenvalue weighted by Gasteiger charge is -2.36. The van der Waals surface area contributed by atoms with E-state index in [0.29, 0.717) is 19.8 Å². The normalized spacial score (nSPS) is 21.1. The molecule has 5 heterocycles. The van der Waals surface area contributed by atoms with Crippen molar-refractivity contribution in [1.29, 1.82) is 0 Å². The number of thiophene rings is 1. The van der Waals surface area contributed by atoms with Gasteiger partial charge in [0, 0.05) is 41.2 Å². The largest absolute Gasteiger partial charge is 0.445 e. The summed E-state index contributed by atoms with van der Waals surface area (Å²) in [5.74, 6) is 0.174. The third kappa shape index (κ3) is 4.11. The van der Waals surface area contributed by atoms with E-state index in [-0.39, 0.29) is 18.6 Å². The molecule has 0 radical (unpaired) electrons. The molecule has 7 rings (SSSR count). The summed E-state index contributed by atoms with van der Waals surface area (Å²) in [6.07, 6.45) is 3.27. The van der Waals surface area contributed by atoms with Crippen LogP contribution in [-0.4, -0.2) is 46.3 Å². The highest BCUT2D eigenvalue weighted by molar-refractivity contribution is 7.18. The first-order valence-corrected chi connectivity index (χ1v) is 14.4. The lowest BCUT2D eigenvalue weighted by Crippen LogP contribution is -2.50. The predicted octanol–water partition coefficient (Wildman–Crippen LogP) is 6.93. The topological polar surface area (TPSA) is 76.6 Å². The number of pyridine rings is 1. The van der Waals surface area contributed by atoms with Crippen molar-refractivity contribution in [3.8, 4) is 0 Å². The molecule has 2 fully saturated rings. The number of anilines is 2. The van der Waals surface area contributed by atoms with E-state index in [4.69, 9.17) is 9.47 Å². The Morgan fingerprint density at radius 3 is 2.95 bits per heavy atom. The SMILES string of the molecule is O=C(OCc1ccccc1)N1CCC(c2cc3c(Nc4ccc5scnc5c4)ccnc3s2)C12CCOC2. The Labute approximate surface area is 228 Å². The predicted molar refractivity (Wildman–Crippen MR) is 151 cm³/mol. The molecule has 1 amide bonds. The molecule has 2 aliphatic rings. The van der Waals surface area contributed by atoms with Crippen LogP contribution < -0.4 is 5.32 Å². The second-order valence-electron chi connectivity index (χ2n) is 9.83. The number of hydrogen-bond acceptors (Lipinski definition) is 8. The number of thiazole rings is 1. The van der Waals surface area contributed by atoms with E-state index in [9.17, 15) is 4.79 Å². The minimum atomic E-state index is -0.391. The maximum absolute atomic E-state index is 13.3. The zero-order valence-corrected chi connectivity index (χ0v) is 22.3. The first kappa shape index (κ1) is 23.6. The first-order valence-electron chi connectivity index (χ1n) is 12.7. The van der Waals surface area contributed by atoms with Gasteiger partial charge in [-0.05, 0) is 48.7 Å². The zero-order chi connectivity index (χ0) is 25.5. The highest BCUT2D eigenvalue weighted by atomic mass is 32.1. The highest BCUT2D eigenvalue weighted by Crippen LogP contribution is 2.50. The summed E-state index contributed by atoms with van der Waals surface area (Å²) in [4.78, 5) is 26.6. The van der Waals surface area contributed by atoms with Gasteiger partial charge in [0.15, 0.2) is 0 Å². The van der Waals surface area contributed by atoms with Gasteiger partial charge in [0.2, 0.25) is 0 Å². The van der Waals surface area contributed by atoms with Crippen LogP contribution in [0.25, 0.3) is 20.4 Å². The average Bonchev–Trinajstić information content (AvgIpc) is 3.75. The monoisotopic (exact) mass is 542 g/mol. The molecule has 38 heavy (non-hydrogen) atoms. The van der Waals surface area contributed by atoms with Crippen LogP contribution in [0.4, 0.5) is 16.2 Å². The Morgan fingerprint density at radius 1 is 1.16 bits per heavy atom. The Balaban J connectivity index is 1.16. The van der Waals surface area contributed by atoms with Crippen LogP contribution in [0.5, 0.6) is 0 Å². The number of benzene rings is 2. The van der Waals surface area contributed by atoms with Crippen LogP contribution in [0.1, 0.15) is 29.2 Å². The molecule has 2 saturated heterocycles. The number of amides is 1. The standard InChI is InChI=1S/C29H26N4O3S2/c34-28(36-16-19-4-2-1-3-5-19)33-12-9-22(29(33)10-13-35-17-29)26-15-21-23(8-11-30-27(21)38-26)32-20-6-7-25-24(14-20)31-18-37-25/h1-8,11,14-15,18,22H,9-10,12-13,16-17H2,(H,30,32). The third-order valence-electron chi connectivity index (χ3n) is 7.69. The number of ether oxygens (including phenoxy) is 2. The smallest absolute Gasteiger partial charge is 0.410 e. The van der Waals surface area contributed by atoms with Crippen molar-refractivity contribution >= 4 is 60.6 Å². The van der Waals surface area contributed by atoms with E-state index in [1.54, 1.807) is 22.7 Å². The number of nitrogens with zero attached hydrogens (tertiary/aromatic N) is 3. The van der Waals surface area contributed by atoms with Gasteiger partial charge in [0.1, 0.15) is 11.4 Å². The van der Waals surface area contributed by atoms with Crippen LogP contribution in [0.3, 0.4) is 0 Å². The van der Waals surface area contributed by atoms with Gasteiger partial charge in [0.05, 0.1) is 33.6 Å². The molecule has 9 heteroatoms. The Hall–Kier alpha value is -3.53. The minimum absolute atomic E-state index is 0.174. The summed E-state index contributed by atoms with van der Waals surface area (Å²) in [5.41, 5.74) is 5.47. The molecular formula is C29H26N4O3S2. The number of carbonyl (C=O) groups excluding carboxylic acids is 1. The molecule has 2 atom stereocenters. The van der Waals surface area contributed by atoms with E-state index in [0.717, 1.165) is 45.5 Å². The first-order chi connectivity index (χ1) is 18.7. The van der Waals surface area contributed by atoms with E-state index >= 15 is 0 Å². The van der Waals surface area contributed by atoms with E-state index < -0.39 is 5.54 Å². The molecule has 3 aromatic heterocycles. The van der Waals surface area contributed by atoms with Gasteiger partial charge in [-0.15, -0.1) is 22.7 Å². The molecule has 5 aromatic rings. The molecular weight excluding hydrogens is 516 g/mol. The zero-order valence-electron chi connectivity index (χ0n) is 20.6. The second kappa shape index (κ2) is 9.65. The van der Waals surface area contributed by atoms with Gasteiger partial charge in [-0.1, -0.05) is 30.3 Å². The van der Waals surface area contributed by atoms with Crippen LogP contribution in [0.15, 0.2) is 72.4 Å². The number of fused-ring (bicyclic) bond motifs is 2. The van der Waals surface area contributed by atoms with E-state index in [1.165, 1.54) is 9.58 Å². The van der Waals surface area contributed by atoms with Crippen molar-refractivity contribution < 1.29 is 14.3 Å². The van der Waals surface area contributed by atoms with Crippen molar-refractivity contribution in [3.05, 3.63) is 82.8 Å². The molecule has 2 aromatic carbocycles. The number of nitrogens with one attached hydrogen (secondary N) is 1. The van der Waals surface area contributed by atoms with Crippen LogP contribution in [0.2, 0.25) is 0 Å². The van der Waals surface area contributed by atoms with Crippen molar-refractivity contribution in [1.82, 2.24) is 14.9 Å². The maximum atomic E-state index is 13.3. The van der Waals surface area contributed by atoms with Crippen LogP contribution in [0, 0.1) is 0 Å². The third-order valence-corrected chi connectivity index (χ3v) is 9.66. The van der Waals surface area contributed by atoms with Gasteiger partial charge >= 0.3 is 6.09 Å².